The van der Waals surface area contributed by atoms with E-state index in [9.17, 15) is 0 Å². The van der Waals surface area contributed by atoms with E-state index >= 15 is 0 Å². The molecule has 0 saturated carbocycles. The van der Waals surface area contributed by atoms with Crippen LogP contribution in [0.25, 0.3) is 0 Å². The molecule has 180 valence electrons. The van der Waals surface area contributed by atoms with Gasteiger partial charge in [0, 0.05) is 0 Å². The zero-order valence-electron chi connectivity index (χ0n) is 20.6. The van der Waals surface area contributed by atoms with Crippen molar-refractivity contribution < 1.29 is 14.2 Å². The summed E-state index contributed by atoms with van der Waals surface area (Å²) in [5.74, 6) is 0. The highest BCUT2D eigenvalue weighted by Gasteiger charge is 2.43. The second-order valence-electron chi connectivity index (χ2n) is 9.74. The first kappa shape index (κ1) is 24.4. The standard InChI is InChI=1S/C30H42O3/c1-3-5-7-9-15-23-17-11-13-19-25(23)29(27-21-31-27)33-30(28-22-32-28)26-20-14-12-18-24(26)16-10-8-6-4-2/h11-14,17-20,27-30H,3-10,15-16,21-22H2,1-2H3. The van der Waals surface area contributed by atoms with E-state index in [4.69, 9.17) is 14.2 Å². The molecule has 0 spiro atoms. The first-order valence-electron chi connectivity index (χ1n) is 13.4. The van der Waals surface area contributed by atoms with Gasteiger partial charge >= 0.3 is 0 Å². The predicted molar refractivity (Wildman–Crippen MR) is 135 cm³/mol. The van der Waals surface area contributed by atoms with Gasteiger partial charge in [-0.3, -0.25) is 0 Å². The van der Waals surface area contributed by atoms with E-state index in [0.29, 0.717) is 0 Å². The Kier molecular flexibility index (Phi) is 9.40. The van der Waals surface area contributed by atoms with Crippen LogP contribution in [-0.4, -0.2) is 25.4 Å². The highest BCUT2D eigenvalue weighted by atomic mass is 16.6. The van der Waals surface area contributed by atoms with Crippen molar-refractivity contribution in [2.45, 2.75) is 102 Å². The Morgan fingerprint density at radius 2 is 1.09 bits per heavy atom. The topological polar surface area (TPSA) is 34.3 Å². The number of hydrogen-bond donors (Lipinski definition) is 0. The summed E-state index contributed by atoms with van der Waals surface area (Å²) in [5, 5.41) is 0. The van der Waals surface area contributed by atoms with Crippen LogP contribution in [0.1, 0.15) is 99.7 Å². The van der Waals surface area contributed by atoms with E-state index in [1.165, 1.54) is 73.6 Å². The molecule has 0 aromatic heterocycles. The predicted octanol–water partition coefficient (Wildman–Crippen LogP) is 7.53. The first-order chi connectivity index (χ1) is 16.3. The summed E-state index contributed by atoms with van der Waals surface area (Å²) >= 11 is 0. The van der Waals surface area contributed by atoms with Gasteiger partial charge in [0.05, 0.1) is 13.2 Å². The minimum absolute atomic E-state index is 0.0327. The van der Waals surface area contributed by atoms with Crippen molar-refractivity contribution in [1.82, 2.24) is 0 Å². The van der Waals surface area contributed by atoms with Gasteiger partial charge < -0.3 is 14.2 Å². The lowest BCUT2D eigenvalue weighted by Crippen LogP contribution is -2.21. The van der Waals surface area contributed by atoms with Crippen LogP contribution in [0.5, 0.6) is 0 Å². The Morgan fingerprint density at radius 1 is 0.667 bits per heavy atom. The lowest BCUT2D eigenvalue weighted by atomic mass is 9.93. The average molecular weight is 451 g/mol. The molecule has 0 bridgehead atoms. The van der Waals surface area contributed by atoms with Crippen LogP contribution in [0.3, 0.4) is 0 Å². The molecule has 2 aromatic carbocycles. The summed E-state index contributed by atoms with van der Waals surface area (Å²) in [6, 6.07) is 17.7. The van der Waals surface area contributed by atoms with Crippen molar-refractivity contribution in [3.8, 4) is 0 Å². The Labute approximate surface area is 200 Å². The Balaban J connectivity index is 1.52. The maximum absolute atomic E-state index is 6.96. The zero-order valence-corrected chi connectivity index (χ0v) is 20.6. The first-order valence-corrected chi connectivity index (χ1v) is 13.4. The zero-order chi connectivity index (χ0) is 22.9. The summed E-state index contributed by atoms with van der Waals surface area (Å²) in [6.07, 6.45) is 12.7. The molecule has 33 heavy (non-hydrogen) atoms. The molecule has 4 atom stereocenters. The largest absolute Gasteiger partial charge is 0.370 e. The molecule has 2 aliphatic heterocycles. The number of ether oxygens (including phenoxy) is 3. The van der Waals surface area contributed by atoms with E-state index in [2.05, 4.69) is 62.4 Å². The van der Waals surface area contributed by atoms with Crippen LogP contribution in [0.15, 0.2) is 48.5 Å². The SMILES string of the molecule is CCCCCCc1ccccc1C(OC(c1ccccc1CCCCCC)C1CO1)C1CO1. The summed E-state index contributed by atoms with van der Waals surface area (Å²) in [4.78, 5) is 0. The lowest BCUT2D eigenvalue weighted by Gasteiger charge is -2.27. The fourth-order valence-electron chi connectivity index (χ4n) is 4.90. The van der Waals surface area contributed by atoms with Gasteiger partial charge in [-0.25, -0.2) is 0 Å². The third-order valence-corrected chi connectivity index (χ3v) is 7.01. The molecule has 3 nitrogen and oxygen atoms in total. The minimum Gasteiger partial charge on any atom is -0.370 e. The van der Waals surface area contributed by atoms with Gasteiger partial charge in [-0.05, 0) is 47.9 Å². The number of hydrogen-bond acceptors (Lipinski definition) is 3. The van der Waals surface area contributed by atoms with Gasteiger partial charge in [0.15, 0.2) is 0 Å². The Morgan fingerprint density at radius 3 is 1.48 bits per heavy atom. The molecular formula is C30H42O3. The molecule has 0 aliphatic carbocycles. The molecule has 2 heterocycles. The van der Waals surface area contributed by atoms with Crippen LogP contribution in [-0.2, 0) is 27.1 Å². The van der Waals surface area contributed by atoms with Crippen LogP contribution >= 0.6 is 0 Å². The smallest absolute Gasteiger partial charge is 0.112 e. The maximum Gasteiger partial charge on any atom is 0.112 e. The van der Waals surface area contributed by atoms with Crippen LogP contribution in [0.4, 0.5) is 0 Å². The second-order valence-corrected chi connectivity index (χ2v) is 9.74. The molecular weight excluding hydrogens is 408 g/mol. The number of rotatable bonds is 16. The fraction of sp³-hybridized carbons (Fsp3) is 0.600. The molecule has 3 heteroatoms. The summed E-state index contributed by atoms with van der Waals surface area (Å²) < 4.78 is 18.6. The van der Waals surface area contributed by atoms with Crippen LogP contribution in [0, 0.1) is 0 Å². The van der Waals surface area contributed by atoms with E-state index < -0.39 is 0 Å². The number of unbranched alkanes of at least 4 members (excludes halogenated alkanes) is 6. The van der Waals surface area contributed by atoms with Crippen LogP contribution in [0.2, 0.25) is 0 Å². The third-order valence-electron chi connectivity index (χ3n) is 7.01. The molecule has 2 saturated heterocycles. The van der Waals surface area contributed by atoms with E-state index in [0.717, 1.165) is 26.1 Å². The van der Waals surface area contributed by atoms with E-state index in [-0.39, 0.29) is 24.4 Å². The quantitative estimate of drug-likeness (QED) is 0.196. The fourth-order valence-corrected chi connectivity index (χ4v) is 4.90. The molecule has 0 amide bonds. The Bertz CT molecular complexity index is 770. The van der Waals surface area contributed by atoms with E-state index in [1.807, 2.05) is 0 Å². The van der Waals surface area contributed by atoms with Gasteiger partial charge in [0.1, 0.15) is 24.4 Å². The highest BCUT2D eigenvalue weighted by molar-refractivity contribution is 5.33. The molecule has 2 fully saturated rings. The summed E-state index contributed by atoms with van der Waals surface area (Å²) in [5.41, 5.74) is 5.44. The number of benzene rings is 2. The third kappa shape index (κ3) is 7.15. The molecule has 4 unspecified atom stereocenters. The number of epoxide rings is 2. The van der Waals surface area contributed by atoms with Gasteiger partial charge in [-0.15, -0.1) is 0 Å². The van der Waals surface area contributed by atoms with Gasteiger partial charge in [0.2, 0.25) is 0 Å². The molecule has 0 N–H and O–H groups in total. The van der Waals surface area contributed by atoms with Gasteiger partial charge in [-0.1, -0.05) is 101 Å². The monoisotopic (exact) mass is 450 g/mol. The maximum atomic E-state index is 6.96. The lowest BCUT2D eigenvalue weighted by molar-refractivity contribution is -0.0426. The average Bonchev–Trinajstić information content (AvgIpc) is 3.76. The second kappa shape index (κ2) is 12.7. The molecule has 2 aliphatic rings. The minimum atomic E-state index is -0.0327. The van der Waals surface area contributed by atoms with Crippen molar-refractivity contribution >= 4 is 0 Å². The molecule has 4 rings (SSSR count). The van der Waals surface area contributed by atoms with E-state index in [1.54, 1.807) is 0 Å². The van der Waals surface area contributed by atoms with Gasteiger partial charge in [0.25, 0.3) is 0 Å². The van der Waals surface area contributed by atoms with Crippen molar-refractivity contribution in [3.63, 3.8) is 0 Å². The van der Waals surface area contributed by atoms with Crippen molar-refractivity contribution in [2.24, 2.45) is 0 Å². The van der Waals surface area contributed by atoms with Crippen molar-refractivity contribution in [2.75, 3.05) is 13.2 Å². The highest BCUT2D eigenvalue weighted by Crippen LogP contribution is 2.42. The Hall–Kier alpha value is -1.68. The van der Waals surface area contributed by atoms with Crippen molar-refractivity contribution in [1.29, 1.82) is 0 Å². The number of aryl methyl sites for hydroxylation is 2. The van der Waals surface area contributed by atoms with Crippen LogP contribution < -0.4 is 0 Å². The van der Waals surface area contributed by atoms with Gasteiger partial charge in [-0.2, -0.15) is 0 Å². The molecule has 2 aromatic rings. The van der Waals surface area contributed by atoms with Crippen molar-refractivity contribution in [3.05, 3.63) is 70.8 Å². The summed E-state index contributed by atoms with van der Waals surface area (Å²) in [6.45, 7) is 6.10. The molecule has 0 radical (unpaired) electrons. The normalized spacial score (nSPS) is 21.0. The summed E-state index contributed by atoms with van der Waals surface area (Å²) in [7, 11) is 0.